The molecule has 0 saturated carbocycles. The molecule has 0 spiro atoms. The fraction of sp³-hybridized carbons (Fsp3) is 0.850. The zero-order chi connectivity index (χ0) is 47.9. The van der Waals surface area contributed by atoms with Crippen molar-refractivity contribution in [3.05, 3.63) is 36.5 Å². The van der Waals surface area contributed by atoms with Crippen LogP contribution in [0.25, 0.3) is 0 Å². The van der Waals surface area contributed by atoms with Gasteiger partial charge >= 0.3 is 17.9 Å². The Kier molecular flexibility index (Phi) is 53.2. The lowest BCUT2D eigenvalue weighted by Crippen LogP contribution is -2.30. The lowest BCUT2D eigenvalue weighted by Gasteiger charge is -2.18. The normalized spacial score (nSPS) is 12.2. The molecule has 0 aromatic rings. The molecule has 0 bridgehead atoms. The zero-order valence-electron chi connectivity index (χ0n) is 44.2. The van der Waals surface area contributed by atoms with Crippen molar-refractivity contribution in [2.75, 3.05) is 13.2 Å². The topological polar surface area (TPSA) is 78.9 Å². The summed E-state index contributed by atoms with van der Waals surface area (Å²) in [5.74, 6) is -0.876. The van der Waals surface area contributed by atoms with Gasteiger partial charge in [-0.25, -0.2) is 0 Å². The number of hydrogen-bond donors (Lipinski definition) is 0. The van der Waals surface area contributed by atoms with Crippen LogP contribution in [0.3, 0.4) is 0 Å². The molecule has 0 aliphatic rings. The van der Waals surface area contributed by atoms with Gasteiger partial charge in [0.05, 0.1) is 0 Å². The molecule has 1 atom stereocenters. The van der Waals surface area contributed by atoms with Gasteiger partial charge in [-0.2, -0.15) is 0 Å². The first-order chi connectivity index (χ1) is 32.5. The molecule has 0 fully saturated rings. The van der Waals surface area contributed by atoms with E-state index in [4.69, 9.17) is 14.2 Å². The molecule has 0 aliphatic carbocycles. The maximum Gasteiger partial charge on any atom is 0.306 e. The van der Waals surface area contributed by atoms with Gasteiger partial charge in [0.2, 0.25) is 0 Å². The highest BCUT2D eigenvalue weighted by Gasteiger charge is 2.19. The Morgan fingerprint density at radius 3 is 0.788 bits per heavy atom. The summed E-state index contributed by atoms with van der Waals surface area (Å²) in [5.41, 5.74) is 0. The minimum absolute atomic E-state index is 0.0753. The highest BCUT2D eigenvalue weighted by Crippen LogP contribution is 2.16. The van der Waals surface area contributed by atoms with Crippen LogP contribution in [-0.2, 0) is 28.6 Å². The fourth-order valence-electron chi connectivity index (χ4n) is 8.43. The quantitative estimate of drug-likeness (QED) is 0.0262. The SMILES string of the molecule is CCCCC/C=C\CCCCCCCC(=O)OCC(COC(=O)CCCCCCCCCCC/C=C\CCCCCCCC)OC(=O)CCCCCCCCC/C=C\CCCCCCCC. The van der Waals surface area contributed by atoms with Crippen molar-refractivity contribution in [3.63, 3.8) is 0 Å². The predicted molar refractivity (Wildman–Crippen MR) is 284 cm³/mol. The summed E-state index contributed by atoms with van der Waals surface area (Å²) in [7, 11) is 0. The molecule has 0 aromatic carbocycles. The molecule has 0 aromatic heterocycles. The Hall–Kier alpha value is -2.37. The third kappa shape index (κ3) is 52.6. The molecule has 0 rings (SSSR count). The number of allylic oxidation sites excluding steroid dienone is 6. The molecule has 6 heteroatoms. The largest absolute Gasteiger partial charge is 0.462 e. The van der Waals surface area contributed by atoms with Crippen molar-refractivity contribution in [2.24, 2.45) is 0 Å². The summed E-state index contributed by atoms with van der Waals surface area (Å²) in [4.78, 5) is 38.1. The Morgan fingerprint density at radius 2 is 0.500 bits per heavy atom. The van der Waals surface area contributed by atoms with Crippen molar-refractivity contribution in [2.45, 2.75) is 316 Å². The van der Waals surface area contributed by atoms with Crippen LogP contribution in [0, 0.1) is 0 Å². The first-order valence-corrected chi connectivity index (χ1v) is 29.0. The number of carbonyl (C=O) groups is 3. The Bertz CT molecular complexity index is 1110. The number of carbonyl (C=O) groups excluding carboxylic acids is 3. The highest BCUT2D eigenvalue weighted by atomic mass is 16.6. The average Bonchev–Trinajstić information content (AvgIpc) is 3.31. The van der Waals surface area contributed by atoms with E-state index in [1.807, 2.05) is 0 Å². The van der Waals surface area contributed by atoms with Crippen LogP contribution >= 0.6 is 0 Å². The average molecular weight is 928 g/mol. The van der Waals surface area contributed by atoms with Gasteiger partial charge in [0, 0.05) is 19.3 Å². The van der Waals surface area contributed by atoms with E-state index in [9.17, 15) is 14.4 Å². The van der Waals surface area contributed by atoms with Gasteiger partial charge in [0.25, 0.3) is 0 Å². The second-order valence-electron chi connectivity index (χ2n) is 19.5. The summed E-state index contributed by atoms with van der Waals surface area (Å²) in [6, 6.07) is 0. The minimum Gasteiger partial charge on any atom is -0.462 e. The third-order valence-corrected chi connectivity index (χ3v) is 12.8. The number of ether oxygens (including phenoxy) is 3. The van der Waals surface area contributed by atoms with Gasteiger partial charge in [-0.1, -0.05) is 231 Å². The second kappa shape index (κ2) is 55.2. The summed E-state index contributed by atoms with van der Waals surface area (Å²) >= 11 is 0. The number of rotatable bonds is 53. The molecule has 0 N–H and O–H groups in total. The smallest absolute Gasteiger partial charge is 0.306 e. The van der Waals surface area contributed by atoms with Crippen molar-refractivity contribution >= 4 is 17.9 Å². The maximum absolute atomic E-state index is 12.8. The van der Waals surface area contributed by atoms with Crippen LogP contribution in [0.1, 0.15) is 310 Å². The zero-order valence-corrected chi connectivity index (χ0v) is 44.2. The van der Waals surface area contributed by atoms with E-state index in [-0.39, 0.29) is 31.1 Å². The van der Waals surface area contributed by atoms with E-state index in [0.717, 1.165) is 64.2 Å². The Balaban J connectivity index is 4.33. The van der Waals surface area contributed by atoms with E-state index < -0.39 is 6.10 Å². The molecular formula is C60H110O6. The molecule has 6 nitrogen and oxygen atoms in total. The molecule has 0 radical (unpaired) electrons. The molecule has 1 unspecified atom stereocenters. The van der Waals surface area contributed by atoms with E-state index >= 15 is 0 Å². The van der Waals surface area contributed by atoms with Crippen molar-refractivity contribution < 1.29 is 28.6 Å². The summed E-state index contributed by atoms with van der Waals surface area (Å²) in [6.45, 7) is 6.63. The van der Waals surface area contributed by atoms with E-state index in [2.05, 4.69) is 57.2 Å². The fourth-order valence-corrected chi connectivity index (χ4v) is 8.43. The Morgan fingerprint density at radius 1 is 0.288 bits per heavy atom. The summed E-state index contributed by atoms with van der Waals surface area (Å²) in [6.07, 6.45) is 65.6. The van der Waals surface area contributed by atoms with E-state index in [1.165, 1.54) is 205 Å². The second-order valence-corrected chi connectivity index (χ2v) is 19.5. The van der Waals surface area contributed by atoms with Crippen molar-refractivity contribution in [1.82, 2.24) is 0 Å². The molecular weight excluding hydrogens is 817 g/mol. The number of hydrogen-bond acceptors (Lipinski definition) is 6. The van der Waals surface area contributed by atoms with Gasteiger partial charge in [-0.15, -0.1) is 0 Å². The van der Waals surface area contributed by atoms with Crippen LogP contribution in [0.5, 0.6) is 0 Å². The van der Waals surface area contributed by atoms with Gasteiger partial charge < -0.3 is 14.2 Å². The van der Waals surface area contributed by atoms with Crippen LogP contribution in [0.2, 0.25) is 0 Å². The monoisotopic (exact) mass is 927 g/mol. The molecule has 0 saturated heterocycles. The lowest BCUT2D eigenvalue weighted by molar-refractivity contribution is -0.167. The van der Waals surface area contributed by atoms with Crippen LogP contribution in [-0.4, -0.2) is 37.2 Å². The molecule has 0 heterocycles. The molecule has 386 valence electrons. The van der Waals surface area contributed by atoms with Gasteiger partial charge in [-0.3, -0.25) is 14.4 Å². The molecule has 0 aliphatic heterocycles. The summed E-state index contributed by atoms with van der Waals surface area (Å²) in [5, 5.41) is 0. The standard InChI is InChI=1S/C60H110O6/c1-4-7-10-13-16-19-22-25-27-29-30-32-33-35-38-41-44-47-50-53-59(62)65-56-57(55-64-58(61)52-49-46-43-40-37-24-21-18-15-12-9-6-3)66-60(63)54-51-48-45-42-39-36-34-31-28-26-23-20-17-14-11-8-5-2/h18,21,25-28,57H,4-17,19-20,22-24,29-56H2,1-3H3/b21-18-,27-25-,28-26-. The van der Waals surface area contributed by atoms with E-state index in [0.29, 0.717) is 19.3 Å². The summed E-state index contributed by atoms with van der Waals surface area (Å²) < 4.78 is 16.9. The van der Waals surface area contributed by atoms with Crippen molar-refractivity contribution in [3.8, 4) is 0 Å². The molecule has 66 heavy (non-hydrogen) atoms. The number of unbranched alkanes of at least 4 members (excludes halogenated alkanes) is 36. The van der Waals surface area contributed by atoms with Gasteiger partial charge in [0.1, 0.15) is 13.2 Å². The third-order valence-electron chi connectivity index (χ3n) is 12.8. The predicted octanol–water partition coefficient (Wildman–Crippen LogP) is 19.3. The van der Waals surface area contributed by atoms with Gasteiger partial charge in [0.15, 0.2) is 6.10 Å². The van der Waals surface area contributed by atoms with Crippen LogP contribution < -0.4 is 0 Å². The highest BCUT2D eigenvalue weighted by molar-refractivity contribution is 5.71. The maximum atomic E-state index is 12.8. The lowest BCUT2D eigenvalue weighted by atomic mass is 10.1. The molecule has 0 amide bonds. The van der Waals surface area contributed by atoms with Crippen molar-refractivity contribution in [1.29, 1.82) is 0 Å². The first-order valence-electron chi connectivity index (χ1n) is 29.0. The van der Waals surface area contributed by atoms with Crippen LogP contribution in [0.15, 0.2) is 36.5 Å². The number of esters is 3. The first kappa shape index (κ1) is 63.6. The van der Waals surface area contributed by atoms with E-state index in [1.54, 1.807) is 0 Å². The minimum atomic E-state index is -0.776. The Labute approximate surface area is 410 Å². The van der Waals surface area contributed by atoms with Gasteiger partial charge in [-0.05, 0) is 96.3 Å². The van der Waals surface area contributed by atoms with Crippen LogP contribution in [0.4, 0.5) is 0 Å².